The molecule has 1 atom stereocenters. The molecule has 3 heterocycles. The van der Waals surface area contributed by atoms with Crippen molar-refractivity contribution in [3.8, 4) is 0 Å². The van der Waals surface area contributed by atoms with Crippen LogP contribution < -0.4 is 10.9 Å². The SMILES string of the molecule is CC(C)(C)c1cc(=O)n2c(n1)SCC(C(=O)NC1CCN(Cc3ccccc3)CC1)C2. The zero-order chi connectivity index (χ0) is 22.0. The number of fused-ring (bicyclic) bond motifs is 1. The maximum Gasteiger partial charge on any atom is 0.254 e. The largest absolute Gasteiger partial charge is 0.353 e. The molecule has 1 aromatic carbocycles. The first-order valence-corrected chi connectivity index (χ1v) is 12.1. The molecule has 1 amide bonds. The smallest absolute Gasteiger partial charge is 0.254 e. The molecule has 1 aromatic heterocycles. The van der Waals surface area contributed by atoms with Crippen LogP contribution in [0.25, 0.3) is 0 Å². The number of hydrogen-bond donors (Lipinski definition) is 1. The fraction of sp³-hybridized carbons (Fsp3) is 0.542. The molecule has 2 aliphatic heterocycles. The molecule has 4 rings (SSSR count). The van der Waals surface area contributed by atoms with Gasteiger partial charge in [-0.3, -0.25) is 19.1 Å². The second kappa shape index (κ2) is 9.17. The van der Waals surface area contributed by atoms with E-state index in [1.807, 2.05) is 6.07 Å². The first-order chi connectivity index (χ1) is 14.8. The summed E-state index contributed by atoms with van der Waals surface area (Å²) in [5.41, 5.74) is 1.91. The van der Waals surface area contributed by atoms with Crippen molar-refractivity contribution in [2.24, 2.45) is 5.92 Å². The van der Waals surface area contributed by atoms with Crippen molar-refractivity contribution < 1.29 is 4.79 Å². The second-order valence-electron chi connectivity index (χ2n) is 9.68. The minimum atomic E-state index is -0.195. The van der Waals surface area contributed by atoms with Crippen LogP contribution in [0, 0.1) is 5.92 Å². The normalized spacial score (nSPS) is 20.3. The maximum absolute atomic E-state index is 12.9. The number of aromatic nitrogens is 2. The highest BCUT2D eigenvalue weighted by molar-refractivity contribution is 7.99. The summed E-state index contributed by atoms with van der Waals surface area (Å²) in [4.78, 5) is 32.7. The van der Waals surface area contributed by atoms with Crippen molar-refractivity contribution in [1.82, 2.24) is 19.8 Å². The van der Waals surface area contributed by atoms with E-state index in [0.29, 0.717) is 12.3 Å². The summed E-state index contributed by atoms with van der Waals surface area (Å²) < 4.78 is 1.66. The number of amides is 1. The molecule has 1 fully saturated rings. The lowest BCUT2D eigenvalue weighted by molar-refractivity contribution is -0.125. The van der Waals surface area contributed by atoms with Crippen LogP contribution in [0.3, 0.4) is 0 Å². The van der Waals surface area contributed by atoms with Gasteiger partial charge < -0.3 is 5.32 Å². The van der Waals surface area contributed by atoms with Crippen LogP contribution >= 0.6 is 11.8 Å². The third-order valence-corrected chi connectivity index (χ3v) is 7.25. The van der Waals surface area contributed by atoms with Gasteiger partial charge in [-0.25, -0.2) is 4.98 Å². The number of carbonyl (C=O) groups excluding carboxylic acids is 1. The Morgan fingerprint density at radius 1 is 1.19 bits per heavy atom. The standard InChI is InChI=1S/C24H32N4O2S/c1-24(2,3)20-13-21(29)28-15-18(16-31-23(28)26-20)22(30)25-19-9-11-27(12-10-19)14-17-7-5-4-6-8-17/h4-8,13,18-19H,9-12,14-16H2,1-3H3,(H,25,30). The minimum Gasteiger partial charge on any atom is -0.353 e. The van der Waals surface area contributed by atoms with E-state index in [0.717, 1.165) is 43.3 Å². The molecule has 0 bridgehead atoms. The molecular formula is C24H32N4O2S. The van der Waals surface area contributed by atoms with E-state index in [-0.39, 0.29) is 28.8 Å². The summed E-state index contributed by atoms with van der Waals surface area (Å²) >= 11 is 1.52. The highest BCUT2D eigenvalue weighted by Gasteiger charge is 2.30. The highest BCUT2D eigenvalue weighted by Crippen LogP contribution is 2.28. The molecule has 31 heavy (non-hydrogen) atoms. The quantitative estimate of drug-likeness (QED) is 0.741. The van der Waals surface area contributed by atoms with Gasteiger partial charge in [0, 0.05) is 49.5 Å². The van der Waals surface area contributed by atoms with E-state index >= 15 is 0 Å². The zero-order valence-corrected chi connectivity index (χ0v) is 19.5. The Morgan fingerprint density at radius 2 is 1.90 bits per heavy atom. The number of nitrogens with one attached hydrogen (secondary N) is 1. The van der Waals surface area contributed by atoms with Crippen LogP contribution in [0.4, 0.5) is 0 Å². The van der Waals surface area contributed by atoms with Crippen LogP contribution in [0.5, 0.6) is 0 Å². The third-order valence-electron chi connectivity index (χ3n) is 6.11. The predicted octanol–water partition coefficient (Wildman–Crippen LogP) is 3.04. The van der Waals surface area contributed by atoms with Gasteiger partial charge in [0.2, 0.25) is 5.91 Å². The van der Waals surface area contributed by atoms with Crippen LogP contribution in [-0.4, -0.2) is 45.2 Å². The van der Waals surface area contributed by atoms with Gasteiger partial charge in [0.15, 0.2) is 5.16 Å². The summed E-state index contributed by atoms with van der Waals surface area (Å²) in [5, 5.41) is 3.98. The van der Waals surface area contributed by atoms with E-state index in [1.54, 1.807) is 10.6 Å². The summed E-state index contributed by atoms with van der Waals surface area (Å²) in [6, 6.07) is 12.3. The number of carbonyl (C=O) groups is 1. The molecule has 1 N–H and O–H groups in total. The number of hydrogen-bond acceptors (Lipinski definition) is 5. The molecule has 1 unspecified atom stereocenters. The third kappa shape index (κ3) is 5.39. The number of benzene rings is 1. The number of thioether (sulfide) groups is 1. The average Bonchev–Trinajstić information content (AvgIpc) is 2.75. The molecule has 2 aromatic rings. The summed E-state index contributed by atoms with van der Waals surface area (Å²) in [5.74, 6) is 0.532. The van der Waals surface area contributed by atoms with Gasteiger partial charge in [0.05, 0.1) is 11.6 Å². The molecule has 1 saturated heterocycles. The predicted molar refractivity (Wildman–Crippen MR) is 124 cm³/mol. The molecule has 166 valence electrons. The minimum absolute atomic E-state index is 0.0610. The van der Waals surface area contributed by atoms with Gasteiger partial charge in [-0.05, 0) is 18.4 Å². The van der Waals surface area contributed by atoms with E-state index in [4.69, 9.17) is 0 Å². The Labute approximate surface area is 188 Å². The average molecular weight is 441 g/mol. The molecular weight excluding hydrogens is 408 g/mol. The topological polar surface area (TPSA) is 67.2 Å². The molecule has 0 saturated carbocycles. The van der Waals surface area contributed by atoms with Crippen molar-refractivity contribution in [1.29, 1.82) is 0 Å². The van der Waals surface area contributed by atoms with Gasteiger partial charge in [0.1, 0.15) is 0 Å². The van der Waals surface area contributed by atoms with Gasteiger partial charge in [0.25, 0.3) is 5.56 Å². The summed E-state index contributed by atoms with van der Waals surface area (Å²) in [6.45, 7) is 9.52. The van der Waals surface area contributed by atoms with E-state index in [1.165, 1.54) is 17.3 Å². The molecule has 0 radical (unpaired) electrons. The molecule has 6 nitrogen and oxygen atoms in total. The Kier molecular flexibility index (Phi) is 6.53. The van der Waals surface area contributed by atoms with Crippen molar-refractivity contribution in [3.63, 3.8) is 0 Å². The Hall–Kier alpha value is -2.12. The van der Waals surface area contributed by atoms with Crippen LogP contribution in [0.2, 0.25) is 0 Å². The molecule has 7 heteroatoms. The number of rotatable bonds is 4. The Balaban J connectivity index is 1.31. The summed E-state index contributed by atoms with van der Waals surface area (Å²) in [6.07, 6.45) is 1.93. The van der Waals surface area contributed by atoms with E-state index in [9.17, 15) is 9.59 Å². The fourth-order valence-electron chi connectivity index (χ4n) is 4.15. The lowest BCUT2D eigenvalue weighted by Gasteiger charge is -2.33. The molecule has 0 aliphatic carbocycles. The van der Waals surface area contributed by atoms with E-state index < -0.39 is 0 Å². The van der Waals surface area contributed by atoms with Crippen molar-refractivity contribution in [3.05, 3.63) is 58.0 Å². The van der Waals surface area contributed by atoms with Crippen LogP contribution in [0.15, 0.2) is 46.3 Å². The lowest BCUT2D eigenvalue weighted by atomic mass is 9.92. The first-order valence-electron chi connectivity index (χ1n) is 11.1. The summed E-state index contributed by atoms with van der Waals surface area (Å²) in [7, 11) is 0. The zero-order valence-electron chi connectivity index (χ0n) is 18.6. The Morgan fingerprint density at radius 3 is 2.58 bits per heavy atom. The van der Waals surface area contributed by atoms with Gasteiger partial charge in [-0.1, -0.05) is 62.9 Å². The van der Waals surface area contributed by atoms with Crippen molar-refractivity contribution >= 4 is 17.7 Å². The maximum atomic E-state index is 12.9. The number of likely N-dealkylation sites (tertiary alicyclic amines) is 1. The van der Waals surface area contributed by atoms with Gasteiger partial charge in [-0.15, -0.1) is 0 Å². The van der Waals surface area contributed by atoms with Gasteiger partial charge >= 0.3 is 0 Å². The van der Waals surface area contributed by atoms with Crippen LogP contribution in [0.1, 0.15) is 44.9 Å². The Bertz CT molecular complexity index is 975. The van der Waals surface area contributed by atoms with Crippen molar-refractivity contribution in [2.75, 3.05) is 18.8 Å². The van der Waals surface area contributed by atoms with E-state index in [2.05, 4.69) is 60.2 Å². The fourth-order valence-corrected chi connectivity index (χ4v) is 5.24. The first kappa shape index (κ1) is 22.1. The highest BCUT2D eigenvalue weighted by atomic mass is 32.2. The lowest BCUT2D eigenvalue weighted by Crippen LogP contribution is -2.48. The monoisotopic (exact) mass is 440 g/mol. The van der Waals surface area contributed by atoms with Crippen LogP contribution in [-0.2, 0) is 23.3 Å². The second-order valence-corrected chi connectivity index (χ2v) is 10.7. The number of nitrogens with zero attached hydrogens (tertiary/aromatic N) is 3. The van der Waals surface area contributed by atoms with Crippen molar-refractivity contribution in [2.45, 2.75) is 63.3 Å². The van der Waals surface area contributed by atoms with Gasteiger partial charge in [-0.2, -0.15) is 0 Å². The molecule has 2 aliphatic rings. The number of piperidine rings is 1. The molecule has 0 spiro atoms.